The lowest BCUT2D eigenvalue weighted by Crippen LogP contribution is -2.43. The molecule has 5 fully saturated rings. The van der Waals surface area contributed by atoms with Gasteiger partial charge in [-0.1, -0.05) is 0 Å². The van der Waals surface area contributed by atoms with Gasteiger partial charge in [-0.3, -0.25) is 53.7 Å². The smallest absolute Gasteiger partial charge is 0.356 e. The van der Waals surface area contributed by atoms with Crippen molar-refractivity contribution in [3.05, 3.63) is 230 Å². The maximum Gasteiger partial charge on any atom is 0.356 e. The number of nitrogens with one attached hydrogen (secondary N) is 10. The highest BCUT2D eigenvalue weighted by Crippen LogP contribution is 2.33. The van der Waals surface area contributed by atoms with Gasteiger partial charge >= 0.3 is 5.97 Å². The molecule has 0 radical (unpaired) electrons. The van der Waals surface area contributed by atoms with Gasteiger partial charge in [0.05, 0.1) is 84.0 Å². The number of nitrogens with zero attached hydrogens (tertiary/aromatic N) is 20. The zero-order chi connectivity index (χ0) is 88.2. The number of piperazine rings is 4. The maximum atomic E-state index is 13.0. The number of carbonyl (C=O) groups is 7. The number of anilines is 9. The topological polar surface area (TPSA) is 477 Å². The molecule has 10 N–H and O–H groups in total. The first-order valence-electron chi connectivity index (χ1n) is 41.3. The monoisotopic (exact) mass is 1710 g/mol. The Labute approximate surface area is 730 Å². The molecule has 4 saturated heterocycles. The van der Waals surface area contributed by atoms with E-state index in [4.69, 9.17) is 4.74 Å². The summed E-state index contributed by atoms with van der Waals surface area (Å²) in [6.45, 7) is 19.9. The molecule has 6 amide bonds. The van der Waals surface area contributed by atoms with Gasteiger partial charge < -0.3 is 82.2 Å². The van der Waals surface area contributed by atoms with E-state index in [2.05, 4.69) is 157 Å². The van der Waals surface area contributed by atoms with E-state index >= 15 is 0 Å². The third kappa shape index (κ3) is 24.6. The molecular weight excluding hydrogens is 1620 g/mol. The molecule has 39 heteroatoms. The lowest BCUT2D eigenvalue weighted by atomic mass is 10.2. The van der Waals surface area contributed by atoms with E-state index in [1.165, 1.54) is 70.0 Å². The van der Waals surface area contributed by atoms with Crippen LogP contribution in [0.1, 0.15) is 96.5 Å². The van der Waals surface area contributed by atoms with Crippen molar-refractivity contribution in [2.45, 2.75) is 39.7 Å². The summed E-state index contributed by atoms with van der Waals surface area (Å²) in [7, 11) is 1.29. The number of esters is 1. The van der Waals surface area contributed by atoms with Gasteiger partial charge in [-0.25, -0.2) is 59.6 Å². The van der Waals surface area contributed by atoms with Gasteiger partial charge in [0.15, 0.2) is 23.3 Å². The van der Waals surface area contributed by atoms with E-state index in [-0.39, 0.29) is 70.0 Å². The van der Waals surface area contributed by atoms with E-state index < -0.39 is 5.97 Å². The van der Waals surface area contributed by atoms with Crippen LogP contribution in [0, 0.1) is 5.92 Å². The molecule has 12 aromatic rings. The Morgan fingerprint density at radius 1 is 0.362 bits per heavy atom. The molecule has 127 heavy (non-hydrogen) atoms. The standard InChI is InChI=1S/C23H26N8O2.C23H25N7O2.C21H22N8O2.C21H21N7O3/c1-15(2)28-22(32)17-4-3-16(13-27-17)21-26-8-5-18(29-21)23(33)30-19-14-25-7-6-20(19)31-11-9-24-10-12-31;31-23(29-19-14-25-7-6-20(19)30-11-9-24-10-12-30)18-5-8-26-22(28-18)17-3-4-21(27-13-17)32-15-16-1-2-16;1-14(30)26-19-3-2-15(12-25-19)20-24-7-4-16(27-20)21(31)28-17-13-23-6-5-18(17)29-10-8-22-9-11-29;1-31-21(30)16-3-2-14(12-25-16)19-24-7-4-15(26-19)20(29)27-17-13-23-6-5-18(17)28-10-8-22-9-11-28/h3-8,13-15,24H,9-12H2,1-2H3,(H,28,32)(H,30,33);3-8,13-14,16,24H,1-2,9-12,15H2,(H,29,31);2-7,12-13,22H,8-11H2,1H3,(H,28,31)(H,25,26,30);2-7,12-13,22H,8-11H2,1H3,(H,27,29). The zero-order valence-electron chi connectivity index (χ0n) is 70.2. The lowest BCUT2D eigenvalue weighted by Gasteiger charge is -2.30. The second kappa shape index (κ2) is 43.6. The summed E-state index contributed by atoms with van der Waals surface area (Å²) in [5, 5.41) is 30.4. The molecular formula is C88H94N30O9. The van der Waals surface area contributed by atoms with Crippen LogP contribution >= 0.6 is 0 Å². The molecule has 39 nitrogen and oxygen atoms in total. The quantitative estimate of drug-likeness (QED) is 0.0287. The van der Waals surface area contributed by atoms with Gasteiger partial charge in [-0.05, 0) is 124 Å². The van der Waals surface area contributed by atoms with Crippen molar-refractivity contribution in [2.75, 3.05) is 165 Å². The van der Waals surface area contributed by atoms with E-state index in [1.54, 1.807) is 117 Å². The summed E-state index contributed by atoms with van der Waals surface area (Å²) in [4.78, 5) is 163. The molecule has 1 aliphatic carbocycles. The zero-order valence-corrected chi connectivity index (χ0v) is 70.2. The molecule has 1 saturated carbocycles. The second-order valence-corrected chi connectivity index (χ2v) is 29.6. The van der Waals surface area contributed by atoms with Crippen molar-refractivity contribution >= 4 is 92.7 Å². The average Bonchev–Trinajstić information content (AvgIpc) is 1.35. The molecule has 0 aromatic carbocycles. The molecule has 650 valence electrons. The minimum atomic E-state index is -0.530. The number of ether oxygens (including phenoxy) is 2. The van der Waals surface area contributed by atoms with Gasteiger partial charge in [-0.15, -0.1) is 0 Å². The predicted molar refractivity (Wildman–Crippen MR) is 477 cm³/mol. The first kappa shape index (κ1) is 88.0. The van der Waals surface area contributed by atoms with Crippen molar-refractivity contribution in [1.82, 2.24) is 106 Å². The van der Waals surface area contributed by atoms with E-state index in [9.17, 15) is 33.6 Å². The van der Waals surface area contributed by atoms with Crippen LogP contribution in [-0.4, -0.2) is 246 Å². The Kier molecular flexibility index (Phi) is 30.2. The van der Waals surface area contributed by atoms with E-state index in [0.717, 1.165) is 133 Å². The van der Waals surface area contributed by atoms with Crippen LogP contribution in [-0.2, 0) is 9.53 Å². The minimum Gasteiger partial charge on any atom is -0.477 e. The summed E-state index contributed by atoms with van der Waals surface area (Å²) >= 11 is 0. The highest BCUT2D eigenvalue weighted by atomic mass is 16.5. The molecule has 4 aliphatic heterocycles. The molecule has 16 heterocycles. The maximum absolute atomic E-state index is 13.0. The second-order valence-electron chi connectivity index (χ2n) is 29.6. The number of hydrogen-bond acceptors (Lipinski definition) is 33. The van der Waals surface area contributed by atoms with Crippen LogP contribution in [0.15, 0.2) is 196 Å². The average molecular weight is 1720 g/mol. The largest absolute Gasteiger partial charge is 0.477 e. The van der Waals surface area contributed by atoms with E-state index in [0.29, 0.717) is 92.7 Å². The summed E-state index contributed by atoms with van der Waals surface area (Å²) in [6, 6.07) is 27.4. The number of amides is 6. The van der Waals surface area contributed by atoms with Crippen LogP contribution in [0.5, 0.6) is 5.88 Å². The van der Waals surface area contributed by atoms with Gasteiger partial charge in [0.2, 0.25) is 11.8 Å². The van der Waals surface area contributed by atoms with Crippen LogP contribution in [0.2, 0.25) is 0 Å². The van der Waals surface area contributed by atoms with Crippen molar-refractivity contribution in [3.8, 4) is 51.4 Å². The van der Waals surface area contributed by atoms with Crippen LogP contribution < -0.4 is 77.5 Å². The minimum absolute atomic E-state index is 0.0180. The molecule has 0 spiro atoms. The first-order valence-corrected chi connectivity index (χ1v) is 41.3. The highest BCUT2D eigenvalue weighted by Gasteiger charge is 2.26. The van der Waals surface area contributed by atoms with Crippen LogP contribution in [0.4, 0.5) is 51.3 Å². The van der Waals surface area contributed by atoms with Crippen molar-refractivity contribution in [3.63, 3.8) is 0 Å². The number of carbonyl (C=O) groups excluding carboxylic acids is 7. The fourth-order valence-electron chi connectivity index (χ4n) is 13.5. The number of methoxy groups -OCH3 is 1. The van der Waals surface area contributed by atoms with Gasteiger partial charge in [0, 0.05) is 220 Å². The number of hydrogen-bond donors (Lipinski definition) is 10. The molecule has 0 bridgehead atoms. The van der Waals surface area contributed by atoms with Crippen LogP contribution in [0.3, 0.4) is 0 Å². The fraction of sp³-hybridized carbons (Fsp3) is 0.284. The number of rotatable bonds is 23. The molecule has 0 atom stereocenters. The number of pyridine rings is 8. The highest BCUT2D eigenvalue weighted by molar-refractivity contribution is 6.07. The predicted octanol–water partition coefficient (Wildman–Crippen LogP) is 7.05. The lowest BCUT2D eigenvalue weighted by molar-refractivity contribution is -0.114. The van der Waals surface area contributed by atoms with Crippen LogP contribution in [0.25, 0.3) is 45.6 Å². The van der Waals surface area contributed by atoms with Gasteiger partial charge in [0.25, 0.3) is 29.5 Å². The SMILES string of the molecule is CC(=O)Nc1ccc(-c2nccc(C(=O)Nc3cnccc3N3CCNCC3)n2)cn1.CC(C)NC(=O)c1ccc(-c2nccc(C(=O)Nc3cnccc3N3CCNCC3)n2)cn1.COC(=O)c1ccc(-c2nccc(C(=O)Nc3cnccc3N3CCNCC3)n2)cn1.O=C(Nc1cnccc1N1CCNCC1)c1ccnc(-c2ccc(OCC3CC3)nc2)n1. The summed E-state index contributed by atoms with van der Waals surface area (Å²) < 4.78 is 10.3. The Hall–Kier alpha value is -15.4. The van der Waals surface area contributed by atoms with E-state index in [1.807, 2.05) is 50.2 Å². The van der Waals surface area contributed by atoms with Crippen molar-refractivity contribution in [2.24, 2.45) is 5.92 Å². The van der Waals surface area contributed by atoms with Gasteiger partial charge in [-0.2, -0.15) is 0 Å². The third-order valence-corrected chi connectivity index (χ3v) is 20.1. The summed E-state index contributed by atoms with van der Waals surface area (Å²) in [6.07, 6.45) is 28.3. The fourth-order valence-corrected chi connectivity index (χ4v) is 13.5. The van der Waals surface area contributed by atoms with Crippen molar-refractivity contribution in [1.29, 1.82) is 0 Å². The Morgan fingerprint density at radius 2 is 0.693 bits per heavy atom. The van der Waals surface area contributed by atoms with Crippen molar-refractivity contribution < 1.29 is 43.0 Å². The molecule has 17 rings (SSSR count). The molecule has 0 unspecified atom stereocenters. The third-order valence-electron chi connectivity index (χ3n) is 20.1. The normalized spacial score (nSPS) is 14.1. The summed E-state index contributed by atoms with van der Waals surface area (Å²) in [5.74, 6) is 0.795. The van der Waals surface area contributed by atoms with Gasteiger partial charge in [0.1, 0.15) is 40.0 Å². The number of aromatic nitrogens is 16. The summed E-state index contributed by atoms with van der Waals surface area (Å²) in [5.41, 5.74) is 10.2. The first-order chi connectivity index (χ1) is 62.0. The Morgan fingerprint density at radius 3 is 0.984 bits per heavy atom. The Balaban J connectivity index is 0.000000137. The molecule has 12 aromatic heterocycles. The Bertz CT molecular complexity index is 5780. The molecule has 5 aliphatic rings.